The van der Waals surface area contributed by atoms with E-state index in [1.54, 1.807) is 69.3 Å². The standard InChI is InChI=1S/C31H31N7O8/c1-31(2,3)46-30(41)32-17-8-10-18(11-9-17)38-25(29(40)45-7)23(16-14-21(42-4)26(44-6)22(15-16)43-5)19-12-13-20(27-34-36-37-35-27)33-24(19)28(38)39/h8-15H,1-7H3,(H,32,41)(H,34,35,36,37). The number of pyridine rings is 2. The van der Waals surface area contributed by atoms with Crippen LogP contribution in [0.15, 0.2) is 53.3 Å². The topological polar surface area (TPSA) is 182 Å². The number of aromatic nitrogens is 6. The van der Waals surface area contributed by atoms with E-state index in [0.29, 0.717) is 45.1 Å². The van der Waals surface area contributed by atoms with Gasteiger partial charge in [0.2, 0.25) is 5.75 Å². The van der Waals surface area contributed by atoms with E-state index in [1.807, 2.05) is 0 Å². The zero-order valence-electron chi connectivity index (χ0n) is 26.1. The smallest absolute Gasteiger partial charge is 0.412 e. The minimum Gasteiger partial charge on any atom is -0.493 e. The van der Waals surface area contributed by atoms with Crippen molar-refractivity contribution in [3.8, 4) is 45.6 Å². The fraction of sp³-hybridized carbons (Fsp3) is 0.258. The van der Waals surface area contributed by atoms with E-state index in [9.17, 15) is 14.4 Å². The molecule has 5 aromatic rings. The number of nitrogens with one attached hydrogen (secondary N) is 2. The molecule has 2 N–H and O–H groups in total. The number of ether oxygens (including phenoxy) is 5. The van der Waals surface area contributed by atoms with Crippen molar-refractivity contribution in [2.45, 2.75) is 26.4 Å². The number of rotatable bonds is 8. The van der Waals surface area contributed by atoms with Crippen molar-refractivity contribution in [3.63, 3.8) is 0 Å². The van der Waals surface area contributed by atoms with E-state index in [4.69, 9.17) is 23.7 Å². The van der Waals surface area contributed by atoms with Gasteiger partial charge in [0, 0.05) is 22.3 Å². The number of fused-ring (bicyclic) bond motifs is 1. The van der Waals surface area contributed by atoms with Gasteiger partial charge in [0.25, 0.3) is 5.56 Å². The first kappa shape index (κ1) is 31.4. The van der Waals surface area contributed by atoms with E-state index in [-0.39, 0.29) is 22.7 Å². The Morgan fingerprint density at radius 3 is 2.13 bits per heavy atom. The van der Waals surface area contributed by atoms with Gasteiger partial charge in [-0.05, 0) is 85.3 Å². The van der Waals surface area contributed by atoms with Gasteiger partial charge >= 0.3 is 12.1 Å². The third-order valence-corrected chi connectivity index (χ3v) is 6.72. The molecule has 0 aliphatic carbocycles. The Kier molecular flexibility index (Phi) is 8.58. The van der Waals surface area contributed by atoms with Crippen molar-refractivity contribution in [1.82, 2.24) is 30.2 Å². The Balaban J connectivity index is 1.82. The van der Waals surface area contributed by atoms with Gasteiger partial charge in [-0.15, -0.1) is 5.10 Å². The first-order valence-electron chi connectivity index (χ1n) is 13.8. The summed E-state index contributed by atoms with van der Waals surface area (Å²) >= 11 is 0. The predicted octanol–water partition coefficient (Wildman–Crippen LogP) is 4.39. The van der Waals surface area contributed by atoms with Crippen LogP contribution in [0.25, 0.3) is 39.2 Å². The van der Waals surface area contributed by atoms with Crippen LogP contribution in [-0.2, 0) is 9.47 Å². The number of hydrogen-bond acceptors (Lipinski definition) is 12. The van der Waals surface area contributed by atoms with Crippen molar-refractivity contribution in [3.05, 3.63) is 64.6 Å². The van der Waals surface area contributed by atoms with Gasteiger partial charge in [-0.3, -0.25) is 14.7 Å². The van der Waals surface area contributed by atoms with Crippen molar-refractivity contribution < 1.29 is 33.3 Å². The molecule has 0 saturated carbocycles. The van der Waals surface area contributed by atoms with Crippen LogP contribution in [0.4, 0.5) is 10.5 Å². The van der Waals surface area contributed by atoms with E-state index >= 15 is 0 Å². The molecule has 0 fully saturated rings. The lowest BCUT2D eigenvalue weighted by atomic mass is 9.97. The number of hydrogen-bond donors (Lipinski definition) is 2. The molecule has 2 aromatic carbocycles. The molecular weight excluding hydrogens is 598 g/mol. The minimum atomic E-state index is -0.804. The molecule has 46 heavy (non-hydrogen) atoms. The molecule has 0 unspecified atom stereocenters. The number of carbonyl (C=O) groups excluding carboxylic acids is 2. The lowest BCUT2D eigenvalue weighted by Crippen LogP contribution is -2.28. The first-order valence-corrected chi connectivity index (χ1v) is 13.8. The van der Waals surface area contributed by atoms with Crippen LogP contribution in [0.2, 0.25) is 0 Å². The Morgan fingerprint density at radius 1 is 0.913 bits per heavy atom. The number of carbonyl (C=O) groups is 2. The maximum atomic E-state index is 14.3. The highest BCUT2D eigenvalue weighted by molar-refractivity contribution is 6.07. The lowest BCUT2D eigenvalue weighted by molar-refractivity contribution is 0.0589. The largest absolute Gasteiger partial charge is 0.493 e. The summed E-state index contributed by atoms with van der Waals surface area (Å²) in [4.78, 5) is 44.9. The number of benzene rings is 2. The van der Waals surface area contributed by atoms with Gasteiger partial charge in [-0.2, -0.15) is 0 Å². The summed E-state index contributed by atoms with van der Waals surface area (Å²) in [6.45, 7) is 5.25. The predicted molar refractivity (Wildman–Crippen MR) is 167 cm³/mol. The average molecular weight is 630 g/mol. The number of esters is 1. The molecule has 0 radical (unpaired) electrons. The number of aromatic amines is 1. The number of nitrogens with zero attached hydrogens (tertiary/aromatic N) is 5. The molecule has 238 valence electrons. The van der Waals surface area contributed by atoms with Crippen LogP contribution >= 0.6 is 0 Å². The molecule has 0 saturated heterocycles. The summed E-state index contributed by atoms with van der Waals surface area (Å²) in [5.41, 5.74) is 0.278. The molecule has 5 rings (SSSR count). The zero-order chi connectivity index (χ0) is 33.2. The highest BCUT2D eigenvalue weighted by Crippen LogP contribution is 2.43. The zero-order valence-corrected chi connectivity index (χ0v) is 26.1. The maximum absolute atomic E-state index is 14.3. The lowest BCUT2D eigenvalue weighted by Gasteiger charge is -2.21. The fourth-order valence-electron chi connectivity index (χ4n) is 4.84. The van der Waals surface area contributed by atoms with Crippen LogP contribution in [0.3, 0.4) is 0 Å². The first-order chi connectivity index (χ1) is 22.0. The van der Waals surface area contributed by atoms with Gasteiger partial charge in [-0.25, -0.2) is 19.7 Å². The second kappa shape index (κ2) is 12.6. The Bertz CT molecular complexity index is 1960. The summed E-state index contributed by atoms with van der Waals surface area (Å²) in [5, 5.41) is 16.7. The van der Waals surface area contributed by atoms with Crippen LogP contribution in [0.1, 0.15) is 31.3 Å². The van der Waals surface area contributed by atoms with Gasteiger partial charge in [0.1, 0.15) is 22.5 Å². The summed E-state index contributed by atoms with van der Waals surface area (Å²) in [6.07, 6.45) is -0.651. The van der Waals surface area contributed by atoms with Gasteiger partial charge in [0.05, 0.1) is 28.4 Å². The molecule has 15 heteroatoms. The molecule has 15 nitrogen and oxygen atoms in total. The van der Waals surface area contributed by atoms with E-state index in [1.165, 1.54) is 33.0 Å². The van der Waals surface area contributed by atoms with Crippen molar-refractivity contribution >= 4 is 28.7 Å². The van der Waals surface area contributed by atoms with Gasteiger partial charge in [0.15, 0.2) is 17.3 Å². The van der Waals surface area contributed by atoms with Gasteiger partial charge < -0.3 is 23.7 Å². The van der Waals surface area contributed by atoms with Crippen molar-refractivity contribution in [2.75, 3.05) is 33.8 Å². The third-order valence-electron chi connectivity index (χ3n) is 6.72. The SMILES string of the molecule is COC(=O)c1c(-c2cc(OC)c(OC)c(OC)c2)c2ccc(-c3nnn[nH]3)nc2c(=O)n1-c1ccc(NC(=O)OC(C)(C)C)cc1. The Labute approximate surface area is 262 Å². The number of H-pyrrole nitrogens is 1. The quantitative estimate of drug-likeness (QED) is 0.231. The Morgan fingerprint density at radius 2 is 1.59 bits per heavy atom. The molecule has 0 aliphatic rings. The van der Waals surface area contributed by atoms with E-state index < -0.39 is 23.2 Å². The molecule has 3 aromatic heterocycles. The molecule has 0 atom stereocenters. The van der Waals surface area contributed by atoms with E-state index in [2.05, 4.69) is 30.9 Å². The Hall–Kier alpha value is -5.99. The summed E-state index contributed by atoms with van der Waals surface area (Å²) < 4.78 is 28.4. The second-order valence-electron chi connectivity index (χ2n) is 10.8. The fourth-order valence-corrected chi connectivity index (χ4v) is 4.84. The molecule has 0 aliphatic heterocycles. The van der Waals surface area contributed by atoms with Crippen molar-refractivity contribution in [1.29, 1.82) is 0 Å². The second-order valence-corrected chi connectivity index (χ2v) is 10.8. The van der Waals surface area contributed by atoms with Crippen LogP contribution < -0.4 is 25.1 Å². The van der Waals surface area contributed by atoms with Crippen LogP contribution in [-0.4, -0.2) is 76.3 Å². The summed E-state index contributed by atoms with van der Waals surface area (Å²) in [5.74, 6) is 0.387. The maximum Gasteiger partial charge on any atom is 0.412 e. The van der Waals surface area contributed by atoms with E-state index in [0.717, 1.165) is 0 Å². The normalized spacial score (nSPS) is 11.2. The average Bonchev–Trinajstić information content (AvgIpc) is 3.58. The minimum absolute atomic E-state index is 0.00117. The molecule has 3 heterocycles. The monoisotopic (exact) mass is 629 g/mol. The number of amides is 1. The highest BCUT2D eigenvalue weighted by Gasteiger charge is 2.28. The molecule has 0 bridgehead atoms. The highest BCUT2D eigenvalue weighted by atomic mass is 16.6. The summed E-state index contributed by atoms with van der Waals surface area (Å²) in [7, 11) is 5.62. The van der Waals surface area contributed by atoms with Gasteiger partial charge in [-0.1, -0.05) is 0 Å². The molecular formula is C31H31N7O8. The van der Waals surface area contributed by atoms with Crippen molar-refractivity contribution in [2.24, 2.45) is 0 Å². The van der Waals surface area contributed by atoms with Crippen LogP contribution in [0.5, 0.6) is 17.2 Å². The molecule has 0 spiro atoms. The van der Waals surface area contributed by atoms with Crippen LogP contribution in [0, 0.1) is 0 Å². The third kappa shape index (κ3) is 6.02. The number of methoxy groups -OCH3 is 4. The molecule has 1 amide bonds. The summed E-state index contributed by atoms with van der Waals surface area (Å²) in [6, 6.07) is 12.8. The number of tetrazole rings is 1. The number of anilines is 1.